The van der Waals surface area contributed by atoms with Crippen LogP contribution in [0.5, 0.6) is 11.8 Å². The fourth-order valence-corrected chi connectivity index (χ4v) is 4.36. The SMILES string of the molecule is Cn1c(=O)cnc2cc(C3=CCOCC3)cc(OC3CCC(Oc4ncccn4)CC3)c21. The second kappa shape index (κ2) is 9.08. The zero-order chi connectivity index (χ0) is 21.9. The minimum absolute atomic E-state index is 0.0453. The Balaban J connectivity index is 1.38. The summed E-state index contributed by atoms with van der Waals surface area (Å²) in [6.45, 7) is 1.31. The van der Waals surface area contributed by atoms with Crippen molar-refractivity contribution >= 4 is 16.6 Å². The molecule has 0 N–H and O–H groups in total. The number of fused-ring (bicyclic) bond motifs is 1. The van der Waals surface area contributed by atoms with Crippen molar-refractivity contribution < 1.29 is 14.2 Å². The van der Waals surface area contributed by atoms with Crippen LogP contribution >= 0.6 is 0 Å². The van der Waals surface area contributed by atoms with Crippen molar-refractivity contribution in [3.05, 3.63) is 58.8 Å². The number of benzene rings is 1. The first-order chi connectivity index (χ1) is 15.7. The Bertz CT molecular complexity index is 1180. The maximum Gasteiger partial charge on any atom is 0.316 e. The van der Waals surface area contributed by atoms with Crippen LogP contribution in [-0.4, -0.2) is 44.9 Å². The molecule has 8 heteroatoms. The Morgan fingerprint density at radius 2 is 1.78 bits per heavy atom. The number of hydrogen-bond acceptors (Lipinski definition) is 7. The van der Waals surface area contributed by atoms with Gasteiger partial charge in [0.15, 0.2) is 0 Å². The van der Waals surface area contributed by atoms with Gasteiger partial charge in [-0.25, -0.2) is 15.0 Å². The summed E-state index contributed by atoms with van der Waals surface area (Å²) in [4.78, 5) is 25.0. The lowest BCUT2D eigenvalue weighted by molar-refractivity contribution is 0.0756. The minimum Gasteiger partial charge on any atom is -0.488 e. The van der Waals surface area contributed by atoms with E-state index in [0.717, 1.165) is 48.7 Å². The zero-order valence-electron chi connectivity index (χ0n) is 18.1. The predicted octanol–water partition coefficient (Wildman–Crippen LogP) is 3.30. The van der Waals surface area contributed by atoms with E-state index < -0.39 is 0 Å². The molecule has 1 saturated carbocycles. The standard InChI is InChI=1S/C24H26N4O4/c1-28-22(29)15-27-20-13-17(16-7-11-30-12-8-16)14-21(23(20)28)31-18-3-5-19(6-4-18)32-24-25-9-2-10-26-24/h2,7,9-10,13-15,18-19H,3-6,8,11-12H2,1H3. The number of aromatic nitrogens is 4. The molecule has 3 aromatic rings. The largest absolute Gasteiger partial charge is 0.488 e. The van der Waals surface area contributed by atoms with E-state index in [1.807, 2.05) is 12.1 Å². The molecule has 3 heterocycles. The molecule has 0 bridgehead atoms. The van der Waals surface area contributed by atoms with E-state index in [1.165, 1.54) is 11.8 Å². The van der Waals surface area contributed by atoms with Crippen LogP contribution in [0.4, 0.5) is 0 Å². The Morgan fingerprint density at radius 1 is 1.03 bits per heavy atom. The lowest BCUT2D eigenvalue weighted by Crippen LogP contribution is -2.30. The molecule has 1 fully saturated rings. The molecule has 8 nitrogen and oxygen atoms in total. The third kappa shape index (κ3) is 4.36. The van der Waals surface area contributed by atoms with Crippen LogP contribution in [0.2, 0.25) is 0 Å². The van der Waals surface area contributed by atoms with Crippen molar-refractivity contribution in [2.75, 3.05) is 13.2 Å². The molecular formula is C24H26N4O4. The maximum atomic E-state index is 12.3. The third-order valence-electron chi connectivity index (χ3n) is 6.10. The summed E-state index contributed by atoms with van der Waals surface area (Å²) in [5.74, 6) is 0.702. The van der Waals surface area contributed by atoms with E-state index in [4.69, 9.17) is 14.2 Å². The number of rotatable bonds is 5. The van der Waals surface area contributed by atoms with Gasteiger partial charge in [0.1, 0.15) is 17.4 Å². The van der Waals surface area contributed by atoms with Crippen molar-refractivity contribution in [2.45, 2.75) is 44.3 Å². The molecule has 5 rings (SSSR count). The van der Waals surface area contributed by atoms with Crippen molar-refractivity contribution in [3.63, 3.8) is 0 Å². The van der Waals surface area contributed by atoms with Gasteiger partial charge >= 0.3 is 6.01 Å². The molecule has 1 aromatic carbocycles. The van der Waals surface area contributed by atoms with E-state index >= 15 is 0 Å². The average Bonchev–Trinajstić information content (AvgIpc) is 2.84. The highest BCUT2D eigenvalue weighted by Crippen LogP contribution is 2.33. The molecule has 2 aliphatic rings. The summed E-state index contributed by atoms with van der Waals surface area (Å²) in [6, 6.07) is 6.26. The first-order valence-corrected chi connectivity index (χ1v) is 11.0. The maximum absolute atomic E-state index is 12.3. The van der Waals surface area contributed by atoms with Crippen molar-refractivity contribution in [1.82, 2.24) is 19.5 Å². The summed E-state index contributed by atoms with van der Waals surface area (Å²) in [7, 11) is 1.76. The van der Waals surface area contributed by atoms with Crippen LogP contribution in [0.1, 0.15) is 37.7 Å². The van der Waals surface area contributed by atoms with Crippen LogP contribution in [0.3, 0.4) is 0 Å². The first kappa shape index (κ1) is 20.6. The third-order valence-corrected chi connectivity index (χ3v) is 6.10. The second-order valence-electron chi connectivity index (χ2n) is 8.22. The van der Waals surface area contributed by atoms with Gasteiger partial charge in [-0.05, 0) is 61.4 Å². The Morgan fingerprint density at radius 3 is 2.50 bits per heavy atom. The Hall–Kier alpha value is -3.26. The molecule has 0 spiro atoms. The van der Waals surface area contributed by atoms with Crippen LogP contribution in [-0.2, 0) is 11.8 Å². The zero-order valence-corrected chi connectivity index (χ0v) is 18.1. The van der Waals surface area contributed by atoms with Gasteiger partial charge in [-0.2, -0.15) is 0 Å². The normalized spacial score (nSPS) is 21.2. The van der Waals surface area contributed by atoms with E-state index in [2.05, 4.69) is 21.0 Å². The van der Waals surface area contributed by atoms with Gasteiger partial charge in [-0.1, -0.05) is 6.08 Å². The van der Waals surface area contributed by atoms with E-state index in [1.54, 1.807) is 30.1 Å². The number of hydrogen-bond donors (Lipinski definition) is 0. The summed E-state index contributed by atoms with van der Waals surface area (Å²) < 4.78 is 19.5. The number of nitrogens with zero attached hydrogens (tertiary/aromatic N) is 4. The highest BCUT2D eigenvalue weighted by atomic mass is 16.5. The van der Waals surface area contributed by atoms with Crippen LogP contribution < -0.4 is 15.0 Å². The molecule has 2 aromatic heterocycles. The Labute approximate surface area is 185 Å². The van der Waals surface area contributed by atoms with Gasteiger partial charge < -0.3 is 18.8 Å². The Kier molecular flexibility index (Phi) is 5.85. The molecular weight excluding hydrogens is 408 g/mol. The molecule has 0 saturated heterocycles. The van der Waals surface area contributed by atoms with Crippen molar-refractivity contribution in [2.24, 2.45) is 7.05 Å². The summed E-state index contributed by atoms with van der Waals surface area (Å²) >= 11 is 0. The molecule has 166 valence electrons. The highest BCUT2D eigenvalue weighted by molar-refractivity contribution is 5.86. The monoisotopic (exact) mass is 434 g/mol. The summed E-state index contributed by atoms with van der Waals surface area (Å²) in [6.07, 6.45) is 11.2. The predicted molar refractivity (Wildman–Crippen MR) is 120 cm³/mol. The first-order valence-electron chi connectivity index (χ1n) is 11.0. The van der Waals surface area contributed by atoms with Crippen molar-refractivity contribution in [3.8, 4) is 11.8 Å². The lowest BCUT2D eigenvalue weighted by atomic mass is 9.94. The molecule has 0 radical (unpaired) electrons. The summed E-state index contributed by atoms with van der Waals surface area (Å²) in [5, 5.41) is 0. The lowest BCUT2D eigenvalue weighted by Gasteiger charge is -2.29. The van der Waals surface area contributed by atoms with Gasteiger partial charge in [0, 0.05) is 19.4 Å². The van der Waals surface area contributed by atoms with E-state index in [9.17, 15) is 4.79 Å². The summed E-state index contributed by atoms with van der Waals surface area (Å²) in [5.41, 5.74) is 3.62. The molecule has 0 atom stereocenters. The highest BCUT2D eigenvalue weighted by Gasteiger charge is 2.25. The van der Waals surface area contributed by atoms with Gasteiger partial charge in [-0.3, -0.25) is 4.79 Å². The van der Waals surface area contributed by atoms with Crippen LogP contribution in [0.15, 0.2) is 47.7 Å². The average molecular weight is 434 g/mol. The molecule has 32 heavy (non-hydrogen) atoms. The number of aryl methyl sites for hydroxylation is 1. The van der Waals surface area contributed by atoms with E-state index in [0.29, 0.717) is 25.0 Å². The second-order valence-corrected chi connectivity index (χ2v) is 8.22. The van der Waals surface area contributed by atoms with Crippen molar-refractivity contribution in [1.29, 1.82) is 0 Å². The van der Waals surface area contributed by atoms with E-state index in [-0.39, 0.29) is 17.8 Å². The number of ether oxygens (including phenoxy) is 3. The molecule has 0 unspecified atom stereocenters. The van der Waals surface area contributed by atoms with Crippen LogP contribution in [0, 0.1) is 0 Å². The molecule has 0 amide bonds. The quantitative estimate of drug-likeness (QED) is 0.609. The minimum atomic E-state index is -0.152. The van der Waals surface area contributed by atoms with Gasteiger partial charge in [0.25, 0.3) is 5.56 Å². The van der Waals surface area contributed by atoms with Crippen LogP contribution in [0.25, 0.3) is 16.6 Å². The molecule has 1 aliphatic heterocycles. The molecule has 1 aliphatic carbocycles. The van der Waals surface area contributed by atoms with Gasteiger partial charge in [0.05, 0.1) is 31.0 Å². The topological polar surface area (TPSA) is 88.4 Å². The fourth-order valence-electron chi connectivity index (χ4n) is 4.36. The van der Waals surface area contributed by atoms with Gasteiger partial charge in [-0.15, -0.1) is 0 Å². The van der Waals surface area contributed by atoms with Gasteiger partial charge in [0.2, 0.25) is 0 Å². The smallest absolute Gasteiger partial charge is 0.316 e. The fraction of sp³-hybridized carbons (Fsp3) is 0.417.